The van der Waals surface area contributed by atoms with Gasteiger partial charge in [-0.15, -0.1) is 11.3 Å². The minimum Gasteiger partial charge on any atom is -0.298 e. The molecule has 0 N–H and O–H groups in total. The van der Waals surface area contributed by atoms with Gasteiger partial charge in [-0.25, -0.2) is 4.98 Å². The predicted molar refractivity (Wildman–Crippen MR) is 99.9 cm³/mol. The first-order valence-electron chi connectivity index (χ1n) is 7.72. The standard InChI is InChI=1S/C18H8F3N3O3S2/c19-18(20,21)13-7-14(16-2-1-5-28-16)23-17(12(13)8-22)29-15-4-3-11(24(26)27)6-10(15)9-25/h1-7,9H. The van der Waals surface area contributed by atoms with Gasteiger partial charge in [0, 0.05) is 22.6 Å². The quantitative estimate of drug-likeness (QED) is 0.295. The first-order chi connectivity index (χ1) is 13.7. The molecule has 0 radical (unpaired) electrons. The van der Waals surface area contributed by atoms with Gasteiger partial charge in [0.2, 0.25) is 0 Å². The van der Waals surface area contributed by atoms with E-state index in [1.54, 1.807) is 17.5 Å². The number of halogens is 3. The zero-order valence-electron chi connectivity index (χ0n) is 14.1. The zero-order chi connectivity index (χ0) is 21.2. The number of benzene rings is 1. The number of non-ortho nitro benzene ring substituents is 1. The van der Waals surface area contributed by atoms with Crippen LogP contribution in [0.3, 0.4) is 0 Å². The van der Waals surface area contributed by atoms with Crippen molar-refractivity contribution in [2.75, 3.05) is 0 Å². The summed E-state index contributed by atoms with van der Waals surface area (Å²) in [5, 5.41) is 21.6. The molecule has 0 atom stereocenters. The SMILES string of the molecule is N#Cc1c(C(F)(F)F)cc(-c2cccs2)nc1Sc1ccc([N+](=O)[O-])cc1C=O. The second kappa shape index (κ2) is 8.02. The molecule has 2 aromatic heterocycles. The van der Waals surface area contributed by atoms with E-state index in [0.29, 0.717) is 22.9 Å². The average molecular weight is 435 g/mol. The van der Waals surface area contributed by atoms with Crippen molar-refractivity contribution in [3.63, 3.8) is 0 Å². The lowest BCUT2D eigenvalue weighted by Crippen LogP contribution is -2.10. The minimum absolute atomic E-state index is 0.0309. The third-order valence-corrected chi connectivity index (χ3v) is 5.69. The first-order valence-corrected chi connectivity index (χ1v) is 9.42. The Morgan fingerprint density at radius 3 is 2.59 bits per heavy atom. The van der Waals surface area contributed by atoms with E-state index in [0.717, 1.165) is 18.2 Å². The molecule has 6 nitrogen and oxygen atoms in total. The Morgan fingerprint density at radius 2 is 2.03 bits per heavy atom. The molecule has 0 saturated carbocycles. The van der Waals surface area contributed by atoms with Gasteiger partial charge in [0.25, 0.3) is 5.69 Å². The van der Waals surface area contributed by atoms with E-state index in [2.05, 4.69) is 4.98 Å². The molecule has 0 unspecified atom stereocenters. The maximum Gasteiger partial charge on any atom is 0.417 e. The molecule has 0 spiro atoms. The summed E-state index contributed by atoms with van der Waals surface area (Å²) < 4.78 is 40.6. The van der Waals surface area contributed by atoms with Crippen LogP contribution in [0, 0.1) is 21.4 Å². The third-order valence-electron chi connectivity index (χ3n) is 3.71. The van der Waals surface area contributed by atoms with E-state index >= 15 is 0 Å². The molecule has 1 aromatic carbocycles. The van der Waals surface area contributed by atoms with Crippen LogP contribution in [0.1, 0.15) is 21.5 Å². The molecule has 11 heteroatoms. The number of thiophene rings is 1. The van der Waals surface area contributed by atoms with Crippen LogP contribution in [0.15, 0.2) is 51.7 Å². The fraction of sp³-hybridized carbons (Fsp3) is 0.0556. The molecule has 0 aliphatic rings. The van der Waals surface area contributed by atoms with Gasteiger partial charge >= 0.3 is 6.18 Å². The Kier molecular flexibility index (Phi) is 5.67. The second-order valence-electron chi connectivity index (χ2n) is 5.52. The van der Waals surface area contributed by atoms with Crippen LogP contribution in [-0.2, 0) is 6.18 Å². The number of aromatic nitrogens is 1. The van der Waals surface area contributed by atoms with Crippen LogP contribution in [0.5, 0.6) is 0 Å². The molecular formula is C18H8F3N3O3S2. The van der Waals surface area contributed by atoms with Gasteiger partial charge in [0.15, 0.2) is 6.29 Å². The van der Waals surface area contributed by atoms with Gasteiger partial charge in [0.1, 0.15) is 11.1 Å². The van der Waals surface area contributed by atoms with Crippen molar-refractivity contribution in [1.82, 2.24) is 4.98 Å². The highest BCUT2D eigenvalue weighted by Gasteiger charge is 2.36. The van der Waals surface area contributed by atoms with Crippen LogP contribution in [0.2, 0.25) is 0 Å². The lowest BCUT2D eigenvalue weighted by atomic mass is 10.1. The summed E-state index contributed by atoms with van der Waals surface area (Å²) in [7, 11) is 0. The molecule has 146 valence electrons. The third kappa shape index (κ3) is 4.28. The molecule has 0 amide bonds. The van der Waals surface area contributed by atoms with Crippen molar-refractivity contribution in [3.05, 3.63) is 68.6 Å². The van der Waals surface area contributed by atoms with E-state index < -0.39 is 22.2 Å². The molecular weight excluding hydrogens is 427 g/mol. The van der Waals surface area contributed by atoms with Crippen molar-refractivity contribution in [3.8, 4) is 16.6 Å². The Labute approximate surface area is 169 Å². The smallest absolute Gasteiger partial charge is 0.298 e. The van der Waals surface area contributed by atoms with Crippen LogP contribution in [-0.4, -0.2) is 16.2 Å². The lowest BCUT2D eigenvalue weighted by molar-refractivity contribution is -0.384. The van der Waals surface area contributed by atoms with Gasteiger partial charge in [-0.1, -0.05) is 17.8 Å². The molecule has 0 aliphatic heterocycles. The Bertz CT molecular complexity index is 1140. The summed E-state index contributed by atoms with van der Waals surface area (Å²) in [4.78, 5) is 26.3. The van der Waals surface area contributed by atoms with Crippen molar-refractivity contribution < 1.29 is 22.9 Å². The fourth-order valence-corrected chi connectivity index (χ4v) is 4.07. The maximum absolute atomic E-state index is 13.5. The number of nitrogens with zero attached hydrogens (tertiary/aromatic N) is 3. The summed E-state index contributed by atoms with van der Waals surface area (Å²) in [6.45, 7) is 0. The topological polar surface area (TPSA) is 96.9 Å². The van der Waals surface area contributed by atoms with Gasteiger partial charge < -0.3 is 0 Å². The number of nitro groups is 1. The van der Waals surface area contributed by atoms with Crippen LogP contribution in [0.25, 0.3) is 10.6 Å². The Balaban J connectivity index is 2.19. The monoisotopic (exact) mass is 435 g/mol. The van der Waals surface area contributed by atoms with Gasteiger partial charge in [-0.3, -0.25) is 14.9 Å². The van der Waals surface area contributed by atoms with Crippen molar-refractivity contribution >= 4 is 35.1 Å². The highest BCUT2D eigenvalue weighted by molar-refractivity contribution is 7.99. The number of aldehydes is 1. The van der Waals surface area contributed by atoms with E-state index in [9.17, 15) is 33.3 Å². The van der Waals surface area contributed by atoms with Crippen LogP contribution in [0.4, 0.5) is 18.9 Å². The number of hydrogen-bond acceptors (Lipinski definition) is 7. The predicted octanol–water partition coefficient (Wildman–Crippen LogP) is 5.57. The molecule has 0 bridgehead atoms. The lowest BCUT2D eigenvalue weighted by Gasteiger charge is -2.14. The number of pyridine rings is 1. The summed E-state index contributed by atoms with van der Waals surface area (Å²) >= 11 is 1.85. The highest BCUT2D eigenvalue weighted by Crippen LogP contribution is 2.41. The first kappa shape index (κ1) is 20.5. The summed E-state index contributed by atoms with van der Waals surface area (Å²) in [5.74, 6) is 0. The molecule has 0 fully saturated rings. The maximum atomic E-state index is 13.5. The number of alkyl halides is 3. The Morgan fingerprint density at radius 1 is 1.28 bits per heavy atom. The van der Waals surface area contributed by atoms with Gasteiger partial charge in [-0.05, 0) is 23.6 Å². The molecule has 2 heterocycles. The number of nitriles is 1. The van der Waals surface area contributed by atoms with Gasteiger partial charge in [0.05, 0.1) is 26.6 Å². The average Bonchev–Trinajstić information content (AvgIpc) is 3.21. The number of carbonyl (C=O) groups excluding carboxylic acids is 1. The van der Waals surface area contributed by atoms with Crippen LogP contribution < -0.4 is 0 Å². The van der Waals surface area contributed by atoms with E-state index in [1.165, 1.54) is 23.5 Å². The number of hydrogen-bond donors (Lipinski definition) is 0. The zero-order valence-corrected chi connectivity index (χ0v) is 15.8. The van der Waals surface area contributed by atoms with E-state index in [1.807, 2.05) is 0 Å². The molecule has 0 saturated heterocycles. The van der Waals surface area contributed by atoms with Crippen molar-refractivity contribution in [2.45, 2.75) is 16.1 Å². The minimum atomic E-state index is -4.79. The van der Waals surface area contributed by atoms with Crippen molar-refractivity contribution in [2.24, 2.45) is 0 Å². The summed E-state index contributed by atoms with van der Waals surface area (Å²) in [6, 6.07) is 8.96. The highest BCUT2D eigenvalue weighted by atomic mass is 32.2. The molecule has 3 rings (SSSR count). The molecule has 29 heavy (non-hydrogen) atoms. The molecule has 3 aromatic rings. The van der Waals surface area contributed by atoms with E-state index in [4.69, 9.17) is 0 Å². The second-order valence-corrected chi connectivity index (χ2v) is 7.50. The van der Waals surface area contributed by atoms with E-state index in [-0.39, 0.29) is 26.9 Å². The summed E-state index contributed by atoms with van der Waals surface area (Å²) in [5.41, 5.74) is -2.23. The fourth-order valence-electron chi connectivity index (χ4n) is 2.42. The molecule has 0 aliphatic carbocycles. The number of rotatable bonds is 5. The number of carbonyl (C=O) groups is 1. The summed E-state index contributed by atoms with van der Waals surface area (Å²) in [6.07, 6.45) is -4.44. The van der Waals surface area contributed by atoms with Crippen molar-refractivity contribution in [1.29, 1.82) is 5.26 Å². The largest absolute Gasteiger partial charge is 0.417 e. The number of nitro benzene ring substituents is 1. The van der Waals surface area contributed by atoms with Gasteiger partial charge in [-0.2, -0.15) is 18.4 Å². The van der Waals surface area contributed by atoms with Crippen LogP contribution >= 0.6 is 23.1 Å². The normalized spacial score (nSPS) is 11.1. The Hall–Kier alpha value is -3.23.